The highest BCUT2D eigenvalue weighted by atomic mass is 16.7. The molecule has 4 nitrogen and oxygen atoms in total. The van der Waals surface area contributed by atoms with Crippen molar-refractivity contribution in [3.63, 3.8) is 0 Å². The van der Waals surface area contributed by atoms with Gasteiger partial charge in [0.15, 0.2) is 0 Å². The average molecular weight is 271 g/mol. The zero-order chi connectivity index (χ0) is 13.9. The lowest BCUT2D eigenvalue weighted by atomic mass is 9.94. The lowest BCUT2D eigenvalue weighted by molar-refractivity contribution is -0.161. The Balaban J connectivity index is 1.94. The molecule has 1 unspecified atom stereocenters. The molecule has 1 aromatic heterocycles. The van der Waals surface area contributed by atoms with E-state index in [1.165, 1.54) is 22.2 Å². The summed E-state index contributed by atoms with van der Waals surface area (Å²) in [4.78, 5) is 6.16. The number of aromatic nitrogens is 1. The largest absolute Gasteiger partial charge is 0.345 e. The van der Waals surface area contributed by atoms with Crippen LogP contribution in [-0.2, 0) is 18.3 Å². The summed E-state index contributed by atoms with van der Waals surface area (Å²) in [6.07, 6.45) is 2.07. The van der Waals surface area contributed by atoms with Crippen molar-refractivity contribution in [3.8, 4) is 0 Å². The molecule has 0 radical (unpaired) electrons. The number of para-hydroxylation sites is 1. The van der Waals surface area contributed by atoms with Gasteiger partial charge in [0, 0.05) is 24.5 Å². The molecule has 1 aromatic carbocycles. The Kier molecular flexibility index (Phi) is 2.67. The molecule has 4 rings (SSSR count). The molecular formula is C16H21N3O. The zero-order valence-corrected chi connectivity index (χ0v) is 12.0. The smallest absolute Gasteiger partial charge is 0.136 e. The second-order valence-corrected chi connectivity index (χ2v) is 5.91. The normalized spacial score (nSPS) is 32.4. The van der Waals surface area contributed by atoms with Gasteiger partial charge in [0.25, 0.3) is 0 Å². The maximum absolute atomic E-state index is 6.47. The summed E-state index contributed by atoms with van der Waals surface area (Å²) in [6, 6.07) is 9.00. The van der Waals surface area contributed by atoms with Gasteiger partial charge in [0.05, 0.1) is 17.8 Å². The minimum atomic E-state index is -0.00477. The Labute approximate surface area is 119 Å². The predicted octanol–water partition coefficient (Wildman–Crippen LogP) is 2.13. The Hall–Kier alpha value is -1.36. The van der Waals surface area contributed by atoms with Gasteiger partial charge in [0.2, 0.25) is 0 Å². The number of fused-ring (bicyclic) bond motifs is 6. The number of rotatable bonds is 1. The predicted molar refractivity (Wildman–Crippen MR) is 79.2 cm³/mol. The zero-order valence-electron chi connectivity index (χ0n) is 12.0. The number of hydrogen-bond donors (Lipinski definition) is 1. The number of nitrogens with two attached hydrogens (primary N) is 1. The van der Waals surface area contributed by atoms with Crippen molar-refractivity contribution in [3.05, 3.63) is 35.5 Å². The first-order valence-electron chi connectivity index (χ1n) is 7.47. The second kappa shape index (κ2) is 4.32. The summed E-state index contributed by atoms with van der Waals surface area (Å²) in [5, 5.41) is 3.46. The molecular weight excluding hydrogens is 250 g/mol. The molecule has 20 heavy (non-hydrogen) atoms. The van der Waals surface area contributed by atoms with Gasteiger partial charge in [-0.25, -0.2) is 0 Å². The number of hydrogen-bond acceptors (Lipinski definition) is 3. The Morgan fingerprint density at radius 3 is 2.95 bits per heavy atom. The van der Waals surface area contributed by atoms with Crippen molar-refractivity contribution < 1.29 is 4.84 Å². The molecule has 2 N–H and O–H groups in total. The van der Waals surface area contributed by atoms with Crippen LogP contribution in [0.25, 0.3) is 10.9 Å². The van der Waals surface area contributed by atoms with Crippen molar-refractivity contribution in [2.75, 3.05) is 6.54 Å². The van der Waals surface area contributed by atoms with Crippen molar-refractivity contribution in [2.45, 2.75) is 38.0 Å². The average Bonchev–Trinajstić information content (AvgIpc) is 2.82. The highest BCUT2D eigenvalue weighted by Crippen LogP contribution is 2.41. The van der Waals surface area contributed by atoms with Crippen molar-refractivity contribution in [1.82, 2.24) is 9.63 Å². The van der Waals surface area contributed by atoms with Crippen LogP contribution in [0.4, 0.5) is 0 Å². The fourth-order valence-electron chi connectivity index (χ4n) is 3.95. The van der Waals surface area contributed by atoms with Gasteiger partial charge >= 0.3 is 0 Å². The van der Waals surface area contributed by atoms with Crippen LogP contribution in [0, 0.1) is 0 Å². The van der Waals surface area contributed by atoms with Crippen LogP contribution < -0.4 is 5.73 Å². The second-order valence-electron chi connectivity index (χ2n) is 5.91. The standard InChI is InChI=1S/C16H21N3O/c1-3-12-14(17)16-15-11(8-9-19(12)20-16)10-6-4-5-7-13(10)18(15)2/h4-7,12,14,16H,3,8-9,17H2,1-2H3/t12-,14+,16-/m1/s1. The minimum Gasteiger partial charge on any atom is -0.345 e. The fourth-order valence-corrected chi connectivity index (χ4v) is 3.95. The van der Waals surface area contributed by atoms with E-state index in [2.05, 4.69) is 47.9 Å². The van der Waals surface area contributed by atoms with Crippen molar-refractivity contribution in [2.24, 2.45) is 12.8 Å². The topological polar surface area (TPSA) is 43.4 Å². The maximum atomic E-state index is 6.47. The van der Waals surface area contributed by atoms with Crippen LogP contribution in [0.2, 0.25) is 0 Å². The van der Waals surface area contributed by atoms with E-state index in [0.29, 0.717) is 6.04 Å². The molecule has 2 aliphatic rings. The highest BCUT2D eigenvalue weighted by molar-refractivity contribution is 5.85. The van der Waals surface area contributed by atoms with Gasteiger partial charge in [-0.05, 0) is 24.5 Å². The van der Waals surface area contributed by atoms with Gasteiger partial charge in [0.1, 0.15) is 6.10 Å². The van der Waals surface area contributed by atoms with Gasteiger partial charge in [-0.2, -0.15) is 5.06 Å². The monoisotopic (exact) mass is 271 g/mol. The van der Waals surface area contributed by atoms with Gasteiger partial charge in [-0.15, -0.1) is 0 Å². The number of nitrogens with zero attached hydrogens (tertiary/aromatic N) is 2. The van der Waals surface area contributed by atoms with Crippen LogP contribution in [0.5, 0.6) is 0 Å². The fraction of sp³-hybridized carbons (Fsp3) is 0.500. The molecule has 0 spiro atoms. The summed E-state index contributed by atoms with van der Waals surface area (Å²) in [7, 11) is 2.13. The van der Waals surface area contributed by atoms with E-state index < -0.39 is 0 Å². The summed E-state index contributed by atoms with van der Waals surface area (Å²) >= 11 is 0. The first-order valence-corrected chi connectivity index (χ1v) is 7.47. The van der Waals surface area contributed by atoms with E-state index in [9.17, 15) is 0 Å². The molecule has 1 fully saturated rings. The maximum Gasteiger partial charge on any atom is 0.136 e. The summed E-state index contributed by atoms with van der Waals surface area (Å²) < 4.78 is 2.27. The van der Waals surface area contributed by atoms with E-state index in [0.717, 1.165) is 19.4 Å². The molecule has 2 bridgehead atoms. The first-order chi connectivity index (χ1) is 9.72. The quantitative estimate of drug-likeness (QED) is 0.864. The van der Waals surface area contributed by atoms with E-state index in [4.69, 9.17) is 10.6 Å². The van der Waals surface area contributed by atoms with Crippen molar-refractivity contribution >= 4 is 10.9 Å². The Morgan fingerprint density at radius 1 is 1.35 bits per heavy atom. The van der Waals surface area contributed by atoms with E-state index >= 15 is 0 Å². The Morgan fingerprint density at radius 2 is 2.15 bits per heavy atom. The molecule has 0 aliphatic carbocycles. The molecule has 106 valence electrons. The molecule has 4 atom stereocenters. The van der Waals surface area contributed by atoms with Gasteiger partial charge in [-0.3, -0.25) is 4.84 Å². The summed E-state index contributed by atoms with van der Waals surface area (Å²) in [6.45, 7) is 3.12. The van der Waals surface area contributed by atoms with Crippen LogP contribution in [0.3, 0.4) is 0 Å². The molecule has 2 aromatic rings. The lowest BCUT2D eigenvalue weighted by Crippen LogP contribution is -2.41. The lowest BCUT2D eigenvalue weighted by Gasteiger charge is -2.23. The van der Waals surface area contributed by atoms with Crippen LogP contribution in [-0.4, -0.2) is 28.3 Å². The van der Waals surface area contributed by atoms with E-state index in [1.54, 1.807) is 0 Å². The highest BCUT2D eigenvalue weighted by Gasteiger charge is 2.45. The SMILES string of the molecule is CC[C@@H]1[C@H](N)[C@H]2ON1CCc1c2n(C)c2ccccc12. The molecule has 0 amide bonds. The molecule has 4 heteroatoms. The number of aryl methyl sites for hydroxylation is 1. The van der Waals surface area contributed by atoms with Gasteiger partial charge < -0.3 is 10.3 Å². The number of benzene rings is 1. The minimum absolute atomic E-state index is 0.00477. The van der Waals surface area contributed by atoms with E-state index in [-0.39, 0.29) is 12.1 Å². The molecule has 3 heterocycles. The van der Waals surface area contributed by atoms with Gasteiger partial charge in [-0.1, -0.05) is 25.1 Å². The number of hydroxylamine groups is 2. The molecule has 1 saturated heterocycles. The third-order valence-corrected chi connectivity index (χ3v) is 4.94. The first kappa shape index (κ1) is 12.4. The molecule has 2 aliphatic heterocycles. The summed E-state index contributed by atoms with van der Waals surface area (Å²) in [5.74, 6) is 0. The van der Waals surface area contributed by atoms with E-state index in [1.807, 2.05) is 0 Å². The van der Waals surface area contributed by atoms with Crippen molar-refractivity contribution in [1.29, 1.82) is 0 Å². The van der Waals surface area contributed by atoms with Crippen LogP contribution >= 0.6 is 0 Å². The van der Waals surface area contributed by atoms with Crippen LogP contribution in [0.1, 0.15) is 30.7 Å². The third kappa shape index (κ3) is 1.47. The third-order valence-electron chi connectivity index (χ3n) is 4.94. The molecule has 0 saturated carbocycles. The Bertz CT molecular complexity index is 663. The van der Waals surface area contributed by atoms with Crippen LogP contribution in [0.15, 0.2) is 24.3 Å². The summed E-state index contributed by atoms with van der Waals surface area (Å²) in [5.41, 5.74) is 10.4.